The van der Waals surface area contributed by atoms with Crippen LogP contribution in [0.15, 0.2) is 0 Å². The van der Waals surface area contributed by atoms with Crippen LogP contribution in [0.5, 0.6) is 0 Å². The second-order valence-electron chi connectivity index (χ2n) is 5.00. The van der Waals surface area contributed by atoms with E-state index in [4.69, 9.17) is 9.94 Å². The average molecular weight is 299 g/mol. The maximum absolute atomic E-state index is 11.7. The van der Waals surface area contributed by atoms with Crippen molar-refractivity contribution in [1.29, 1.82) is 0 Å². The number of nitrogens with one attached hydrogen (secondary N) is 1. The topological polar surface area (TPSA) is 116 Å². The van der Waals surface area contributed by atoms with Crippen LogP contribution in [0.1, 0.15) is 32.1 Å². The smallest absolute Gasteiger partial charge is 0.432 e. The first-order valence-corrected chi connectivity index (χ1v) is 6.79. The molecule has 9 heteroatoms. The third-order valence-electron chi connectivity index (χ3n) is 3.50. The fourth-order valence-corrected chi connectivity index (χ4v) is 2.37. The summed E-state index contributed by atoms with van der Waals surface area (Å²) in [6, 6.07) is -0.241. The summed E-state index contributed by atoms with van der Waals surface area (Å²) in [4.78, 5) is 51.2. The highest BCUT2D eigenvalue weighted by molar-refractivity contribution is 6.01. The van der Waals surface area contributed by atoms with Crippen molar-refractivity contribution >= 4 is 24.0 Å². The van der Waals surface area contributed by atoms with Crippen molar-refractivity contribution in [3.8, 4) is 0 Å². The Kier molecular flexibility index (Phi) is 4.61. The van der Waals surface area contributed by atoms with Crippen molar-refractivity contribution < 1.29 is 29.1 Å². The molecule has 0 aromatic rings. The number of rotatable bonds is 2. The van der Waals surface area contributed by atoms with E-state index in [2.05, 4.69) is 5.32 Å². The van der Waals surface area contributed by atoms with Crippen LogP contribution in [0.2, 0.25) is 0 Å². The minimum Gasteiger partial charge on any atom is -0.465 e. The average Bonchev–Trinajstić information content (AvgIpc) is 2.66. The zero-order valence-electron chi connectivity index (χ0n) is 11.4. The zero-order valence-corrected chi connectivity index (χ0v) is 11.4. The van der Waals surface area contributed by atoms with Gasteiger partial charge in [-0.25, -0.2) is 9.59 Å². The van der Waals surface area contributed by atoms with Crippen molar-refractivity contribution in [2.75, 3.05) is 13.1 Å². The monoisotopic (exact) mass is 299 g/mol. The third kappa shape index (κ3) is 3.83. The summed E-state index contributed by atoms with van der Waals surface area (Å²) < 4.78 is 0. The Balaban J connectivity index is 1.81. The van der Waals surface area contributed by atoms with E-state index in [1.807, 2.05) is 0 Å². The van der Waals surface area contributed by atoms with Gasteiger partial charge in [0.2, 0.25) is 0 Å². The minimum absolute atomic E-state index is 0.0448. The van der Waals surface area contributed by atoms with Crippen LogP contribution in [0.25, 0.3) is 0 Å². The van der Waals surface area contributed by atoms with Gasteiger partial charge in [0.1, 0.15) is 0 Å². The van der Waals surface area contributed by atoms with E-state index in [1.165, 1.54) is 4.90 Å². The first-order valence-electron chi connectivity index (χ1n) is 6.79. The molecule has 0 spiro atoms. The lowest BCUT2D eigenvalue weighted by molar-refractivity contribution is -0.171. The molecule has 116 valence electrons. The Morgan fingerprint density at radius 1 is 1.14 bits per heavy atom. The van der Waals surface area contributed by atoms with Crippen LogP contribution >= 0.6 is 0 Å². The van der Waals surface area contributed by atoms with Crippen LogP contribution in [0.4, 0.5) is 9.59 Å². The van der Waals surface area contributed by atoms with Gasteiger partial charge in [-0.1, -0.05) is 0 Å². The molecule has 2 aliphatic rings. The Hall–Kier alpha value is -2.32. The van der Waals surface area contributed by atoms with E-state index >= 15 is 0 Å². The third-order valence-corrected chi connectivity index (χ3v) is 3.50. The first kappa shape index (κ1) is 15.1. The molecule has 0 saturated carbocycles. The molecule has 0 aliphatic carbocycles. The van der Waals surface area contributed by atoms with Gasteiger partial charge in [-0.3, -0.25) is 9.59 Å². The number of hydrogen-bond acceptors (Lipinski definition) is 5. The van der Waals surface area contributed by atoms with Gasteiger partial charge >= 0.3 is 12.2 Å². The van der Waals surface area contributed by atoms with Crippen molar-refractivity contribution in [2.45, 2.75) is 38.1 Å². The Morgan fingerprint density at radius 3 is 2.43 bits per heavy atom. The molecule has 4 amide bonds. The molecular weight excluding hydrogens is 282 g/mol. The van der Waals surface area contributed by atoms with Crippen LogP contribution in [0, 0.1) is 0 Å². The molecule has 9 nitrogen and oxygen atoms in total. The van der Waals surface area contributed by atoms with E-state index in [9.17, 15) is 19.2 Å². The predicted octanol–water partition coefficient (Wildman–Crippen LogP) is 0.309. The summed E-state index contributed by atoms with van der Waals surface area (Å²) in [6.45, 7) is 0.744. The van der Waals surface area contributed by atoms with Gasteiger partial charge in [-0.15, -0.1) is 5.06 Å². The molecule has 2 saturated heterocycles. The van der Waals surface area contributed by atoms with Crippen LogP contribution in [-0.2, 0) is 14.4 Å². The minimum atomic E-state index is -0.980. The number of likely N-dealkylation sites (tertiary alicyclic amines) is 1. The number of imide groups is 1. The summed E-state index contributed by atoms with van der Waals surface area (Å²) in [5.41, 5.74) is 0. The maximum atomic E-state index is 11.7. The summed E-state index contributed by atoms with van der Waals surface area (Å²) >= 11 is 0. The van der Waals surface area contributed by atoms with E-state index < -0.39 is 24.0 Å². The summed E-state index contributed by atoms with van der Waals surface area (Å²) in [5, 5.41) is 12.0. The number of carbonyl (C=O) groups excluding carboxylic acids is 3. The number of amides is 4. The quantitative estimate of drug-likeness (QED) is 0.709. The Bertz CT molecular complexity index is 450. The molecule has 2 N–H and O–H groups in total. The largest absolute Gasteiger partial charge is 0.465 e. The second kappa shape index (κ2) is 6.42. The molecule has 0 unspecified atom stereocenters. The predicted molar refractivity (Wildman–Crippen MR) is 67.9 cm³/mol. The van der Waals surface area contributed by atoms with Crippen LogP contribution < -0.4 is 5.32 Å². The van der Waals surface area contributed by atoms with Gasteiger partial charge in [0.15, 0.2) is 0 Å². The number of carboxylic acid groups (broad SMARTS) is 1. The molecule has 1 atom stereocenters. The van der Waals surface area contributed by atoms with Crippen LogP contribution in [-0.4, -0.2) is 58.2 Å². The van der Waals surface area contributed by atoms with E-state index in [0.717, 1.165) is 0 Å². The highest BCUT2D eigenvalue weighted by Crippen LogP contribution is 2.14. The van der Waals surface area contributed by atoms with Crippen molar-refractivity contribution in [1.82, 2.24) is 15.3 Å². The van der Waals surface area contributed by atoms with Crippen LogP contribution in [0.3, 0.4) is 0 Å². The number of nitrogens with zero attached hydrogens (tertiary/aromatic N) is 2. The lowest BCUT2D eigenvalue weighted by atomic mass is 10.1. The molecule has 2 aliphatic heterocycles. The number of hydroxylamine groups is 2. The molecule has 0 aromatic heterocycles. The lowest BCUT2D eigenvalue weighted by Crippen LogP contribution is -2.41. The molecule has 0 aromatic carbocycles. The van der Waals surface area contributed by atoms with E-state index in [-0.39, 0.29) is 18.9 Å². The number of hydrogen-bond donors (Lipinski definition) is 2. The molecule has 0 radical (unpaired) electrons. The Morgan fingerprint density at radius 2 is 1.81 bits per heavy atom. The van der Waals surface area contributed by atoms with Gasteiger partial charge in [-0.2, -0.15) is 0 Å². The highest BCUT2D eigenvalue weighted by atomic mass is 16.7. The normalized spacial score (nSPS) is 23.0. The van der Waals surface area contributed by atoms with Gasteiger partial charge < -0.3 is 20.2 Å². The van der Waals surface area contributed by atoms with Crippen molar-refractivity contribution in [3.63, 3.8) is 0 Å². The zero-order chi connectivity index (χ0) is 15.4. The summed E-state index contributed by atoms with van der Waals surface area (Å²) in [5.74, 6) is -1.07. The van der Waals surface area contributed by atoms with Crippen molar-refractivity contribution in [2.24, 2.45) is 0 Å². The molecule has 21 heavy (non-hydrogen) atoms. The molecule has 2 fully saturated rings. The van der Waals surface area contributed by atoms with Gasteiger partial charge in [0.05, 0.1) is 0 Å². The molecular formula is C12H17N3O6. The summed E-state index contributed by atoms with van der Waals surface area (Å²) in [6.07, 6.45) is -0.0615. The van der Waals surface area contributed by atoms with E-state index in [1.54, 1.807) is 0 Å². The van der Waals surface area contributed by atoms with Gasteiger partial charge in [0.25, 0.3) is 11.8 Å². The molecule has 2 heterocycles. The molecule has 0 bridgehead atoms. The maximum Gasteiger partial charge on any atom is 0.432 e. The standard InChI is InChI=1S/C12H17N3O6/c16-9-3-4-10(17)15(9)21-11(18)13-8-2-1-6-14(7-5-8)12(19)20/h8H,1-7H2,(H,13,18)(H,19,20)/t8-/m0/s1. The first-order chi connectivity index (χ1) is 9.97. The van der Waals surface area contributed by atoms with Gasteiger partial charge in [-0.05, 0) is 19.3 Å². The Labute approximate surface area is 120 Å². The second-order valence-corrected chi connectivity index (χ2v) is 5.00. The molecule has 2 rings (SSSR count). The fraction of sp³-hybridized carbons (Fsp3) is 0.667. The summed E-state index contributed by atoms with van der Waals surface area (Å²) in [7, 11) is 0. The van der Waals surface area contributed by atoms with E-state index in [0.29, 0.717) is 37.4 Å². The van der Waals surface area contributed by atoms with Crippen molar-refractivity contribution in [3.05, 3.63) is 0 Å². The fourth-order valence-electron chi connectivity index (χ4n) is 2.37. The lowest BCUT2D eigenvalue weighted by Gasteiger charge is -2.19. The SMILES string of the molecule is O=C(N[C@H]1CCCN(C(=O)O)CC1)ON1C(=O)CCC1=O. The highest BCUT2D eigenvalue weighted by Gasteiger charge is 2.33. The number of carbonyl (C=O) groups is 4. The van der Waals surface area contributed by atoms with Gasteiger partial charge in [0, 0.05) is 32.0 Å².